The fraction of sp³-hybridized carbons (Fsp3) is 0.417. The molecule has 2 aromatic rings. The maximum atomic E-state index is 12.9. The van der Waals surface area contributed by atoms with Gasteiger partial charge in [-0.25, -0.2) is 0 Å². The van der Waals surface area contributed by atoms with Crippen molar-refractivity contribution in [3.63, 3.8) is 0 Å². The molecule has 1 saturated heterocycles. The van der Waals surface area contributed by atoms with E-state index in [1.165, 1.54) is 11.1 Å². The zero-order valence-corrected chi connectivity index (χ0v) is 17.0. The number of amides is 1. The molecular formula is C24H29NO3. The lowest BCUT2D eigenvalue weighted by atomic mass is 9.87. The largest absolute Gasteiger partial charge is 0.484 e. The predicted molar refractivity (Wildman–Crippen MR) is 111 cm³/mol. The van der Waals surface area contributed by atoms with Crippen LogP contribution in [-0.2, 0) is 11.2 Å². The summed E-state index contributed by atoms with van der Waals surface area (Å²) in [5.41, 5.74) is 4.20. The van der Waals surface area contributed by atoms with Gasteiger partial charge < -0.3 is 9.64 Å². The summed E-state index contributed by atoms with van der Waals surface area (Å²) < 4.78 is 5.68. The Bertz CT molecular complexity index is 851. The van der Waals surface area contributed by atoms with E-state index >= 15 is 0 Å². The average molecular weight is 380 g/mol. The van der Waals surface area contributed by atoms with Crippen LogP contribution in [-0.4, -0.2) is 36.3 Å². The van der Waals surface area contributed by atoms with Crippen LogP contribution in [0.4, 0.5) is 0 Å². The number of likely N-dealkylation sites (tertiary alicyclic amines) is 1. The Labute approximate surface area is 167 Å². The number of benzene rings is 2. The second-order valence-electron chi connectivity index (χ2n) is 7.63. The number of hydrogen-bond acceptors (Lipinski definition) is 3. The third kappa shape index (κ3) is 4.80. The van der Waals surface area contributed by atoms with Gasteiger partial charge in [0.1, 0.15) is 5.75 Å². The van der Waals surface area contributed by atoms with Gasteiger partial charge in [-0.15, -0.1) is 0 Å². The van der Waals surface area contributed by atoms with Crippen molar-refractivity contribution in [2.75, 3.05) is 19.7 Å². The molecule has 1 aliphatic heterocycles. The number of hydrogen-bond donors (Lipinski definition) is 0. The normalized spacial score (nSPS) is 14.8. The minimum Gasteiger partial charge on any atom is -0.484 e. The third-order valence-corrected chi connectivity index (χ3v) is 5.53. The zero-order valence-electron chi connectivity index (χ0n) is 17.0. The first-order valence-electron chi connectivity index (χ1n) is 10.1. The van der Waals surface area contributed by atoms with Crippen LogP contribution in [0.3, 0.4) is 0 Å². The highest BCUT2D eigenvalue weighted by Gasteiger charge is 2.28. The van der Waals surface area contributed by atoms with E-state index in [0.29, 0.717) is 25.9 Å². The van der Waals surface area contributed by atoms with Gasteiger partial charge in [0, 0.05) is 24.6 Å². The predicted octanol–water partition coefficient (Wildman–Crippen LogP) is 4.37. The van der Waals surface area contributed by atoms with Crippen molar-refractivity contribution in [1.82, 2.24) is 4.90 Å². The van der Waals surface area contributed by atoms with Gasteiger partial charge in [0.05, 0.1) is 0 Å². The molecule has 4 heteroatoms. The van der Waals surface area contributed by atoms with Crippen LogP contribution in [0.1, 0.15) is 46.8 Å². The lowest BCUT2D eigenvalue weighted by Crippen LogP contribution is -2.42. The molecule has 0 saturated carbocycles. The van der Waals surface area contributed by atoms with Crippen LogP contribution >= 0.6 is 0 Å². The van der Waals surface area contributed by atoms with E-state index in [9.17, 15) is 9.59 Å². The molecule has 0 spiro atoms. The molecule has 2 aromatic carbocycles. The van der Waals surface area contributed by atoms with Crippen molar-refractivity contribution in [2.45, 2.75) is 40.0 Å². The minimum atomic E-state index is -0.0145. The Morgan fingerprint density at radius 3 is 2.50 bits per heavy atom. The Morgan fingerprint density at radius 1 is 1.07 bits per heavy atom. The highest BCUT2D eigenvalue weighted by atomic mass is 16.5. The molecule has 0 atom stereocenters. The number of carbonyl (C=O) groups excluding carboxylic acids is 2. The Morgan fingerprint density at radius 2 is 1.82 bits per heavy atom. The van der Waals surface area contributed by atoms with Crippen LogP contribution in [0, 0.1) is 19.8 Å². The molecule has 0 aliphatic carbocycles. The number of piperidine rings is 1. The van der Waals surface area contributed by atoms with E-state index in [0.717, 1.165) is 23.3 Å². The number of aryl methyl sites for hydroxylation is 3. The fourth-order valence-electron chi connectivity index (χ4n) is 3.79. The first-order valence-corrected chi connectivity index (χ1v) is 10.1. The van der Waals surface area contributed by atoms with E-state index in [1.807, 2.05) is 55.1 Å². The molecule has 4 nitrogen and oxygen atoms in total. The van der Waals surface area contributed by atoms with Crippen LogP contribution in [0.15, 0.2) is 42.5 Å². The number of carbonyl (C=O) groups is 2. The molecule has 0 bridgehead atoms. The van der Waals surface area contributed by atoms with Crippen LogP contribution in [0.2, 0.25) is 0 Å². The minimum absolute atomic E-state index is 0.00684. The quantitative estimate of drug-likeness (QED) is 0.701. The lowest BCUT2D eigenvalue weighted by molar-refractivity contribution is -0.134. The van der Waals surface area contributed by atoms with E-state index in [-0.39, 0.29) is 24.2 Å². The molecular weight excluding hydrogens is 350 g/mol. The molecule has 148 valence electrons. The van der Waals surface area contributed by atoms with Gasteiger partial charge in [0.2, 0.25) is 0 Å². The number of nitrogens with zero attached hydrogens (tertiary/aromatic N) is 1. The summed E-state index contributed by atoms with van der Waals surface area (Å²) in [5, 5.41) is 0. The number of ketones is 1. The van der Waals surface area contributed by atoms with Crippen molar-refractivity contribution in [2.24, 2.45) is 5.92 Å². The molecule has 1 fully saturated rings. The van der Waals surface area contributed by atoms with E-state index in [4.69, 9.17) is 4.74 Å². The van der Waals surface area contributed by atoms with Gasteiger partial charge in [-0.05, 0) is 56.4 Å². The van der Waals surface area contributed by atoms with Gasteiger partial charge in [-0.3, -0.25) is 9.59 Å². The van der Waals surface area contributed by atoms with Gasteiger partial charge in [-0.2, -0.15) is 0 Å². The van der Waals surface area contributed by atoms with Crippen molar-refractivity contribution in [3.05, 3.63) is 64.7 Å². The highest BCUT2D eigenvalue weighted by molar-refractivity contribution is 5.99. The third-order valence-electron chi connectivity index (χ3n) is 5.53. The second kappa shape index (κ2) is 9.05. The molecule has 3 rings (SSSR count). The topological polar surface area (TPSA) is 46.6 Å². The summed E-state index contributed by atoms with van der Waals surface area (Å²) in [6.45, 7) is 7.38. The van der Waals surface area contributed by atoms with Crippen molar-refractivity contribution in [3.8, 4) is 5.75 Å². The first-order chi connectivity index (χ1) is 13.5. The SMILES string of the molecule is CCc1cccc(OCC(=O)N2CCC(C(=O)c3ccc(C)cc3C)CC2)c1. The standard InChI is InChI=1S/C24H29NO3/c1-4-19-6-5-7-21(15-19)28-16-23(26)25-12-10-20(11-13-25)24(27)22-9-8-17(2)14-18(22)3/h5-9,14-15,20H,4,10-13,16H2,1-3H3. The monoisotopic (exact) mass is 379 g/mol. The molecule has 0 radical (unpaired) electrons. The second-order valence-corrected chi connectivity index (χ2v) is 7.63. The molecule has 0 aromatic heterocycles. The first kappa shape index (κ1) is 20.1. The summed E-state index contributed by atoms with van der Waals surface area (Å²) in [5.74, 6) is 0.914. The Hall–Kier alpha value is -2.62. The molecule has 1 amide bonds. The number of Topliss-reactive ketones (excluding diaryl/α,β-unsaturated/α-hetero) is 1. The van der Waals surface area contributed by atoms with Gasteiger partial charge in [0.25, 0.3) is 5.91 Å². The van der Waals surface area contributed by atoms with Crippen LogP contribution < -0.4 is 4.74 Å². The Kier molecular flexibility index (Phi) is 6.50. The molecule has 28 heavy (non-hydrogen) atoms. The maximum absolute atomic E-state index is 12.9. The van der Waals surface area contributed by atoms with Crippen molar-refractivity contribution >= 4 is 11.7 Å². The Balaban J connectivity index is 1.51. The summed E-state index contributed by atoms with van der Waals surface area (Å²) in [6.07, 6.45) is 2.36. The van der Waals surface area contributed by atoms with Crippen LogP contribution in [0.5, 0.6) is 5.75 Å². The lowest BCUT2D eigenvalue weighted by Gasteiger charge is -2.31. The smallest absolute Gasteiger partial charge is 0.260 e. The highest BCUT2D eigenvalue weighted by Crippen LogP contribution is 2.24. The summed E-state index contributed by atoms with van der Waals surface area (Å²) >= 11 is 0. The summed E-state index contributed by atoms with van der Waals surface area (Å²) in [6, 6.07) is 13.8. The van der Waals surface area contributed by atoms with Gasteiger partial charge in [-0.1, -0.05) is 42.8 Å². The summed E-state index contributed by atoms with van der Waals surface area (Å²) in [7, 11) is 0. The average Bonchev–Trinajstić information content (AvgIpc) is 2.72. The number of ether oxygens (including phenoxy) is 1. The van der Waals surface area contributed by atoms with Gasteiger partial charge >= 0.3 is 0 Å². The molecule has 1 heterocycles. The van der Waals surface area contributed by atoms with E-state index in [2.05, 4.69) is 13.0 Å². The zero-order chi connectivity index (χ0) is 20.1. The molecule has 0 unspecified atom stereocenters. The molecule has 1 aliphatic rings. The summed E-state index contributed by atoms with van der Waals surface area (Å²) in [4.78, 5) is 27.1. The fourth-order valence-corrected chi connectivity index (χ4v) is 3.79. The number of rotatable bonds is 6. The van der Waals surface area contributed by atoms with Gasteiger partial charge in [0.15, 0.2) is 12.4 Å². The van der Waals surface area contributed by atoms with Crippen molar-refractivity contribution in [1.29, 1.82) is 0 Å². The van der Waals surface area contributed by atoms with Crippen LogP contribution in [0.25, 0.3) is 0 Å². The van der Waals surface area contributed by atoms with E-state index < -0.39 is 0 Å². The van der Waals surface area contributed by atoms with E-state index in [1.54, 1.807) is 0 Å². The maximum Gasteiger partial charge on any atom is 0.260 e. The van der Waals surface area contributed by atoms with Crippen molar-refractivity contribution < 1.29 is 14.3 Å². The molecule has 0 N–H and O–H groups in total.